The summed E-state index contributed by atoms with van der Waals surface area (Å²) in [5, 5.41) is 1.26. The number of amides is 1. The van der Waals surface area contributed by atoms with Crippen molar-refractivity contribution < 1.29 is 9.53 Å². The molecule has 1 aliphatic heterocycles. The van der Waals surface area contributed by atoms with E-state index in [9.17, 15) is 4.79 Å². The Hall–Kier alpha value is -3.62. The number of carbonyl (C=O) groups excluding carboxylic acids is 1. The molecule has 0 atom stereocenters. The molecule has 1 saturated heterocycles. The van der Waals surface area contributed by atoms with Gasteiger partial charge in [0.25, 0.3) is 5.91 Å². The van der Waals surface area contributed by atoms with E-state index in [4.69, 9.17) is 38.7 Å². The van der Waals surface area contributed by atoms with Crippen molar-refractivity contribution in [3.8, 4) is 17.0 Å². The number of pyridine rings is 1. The normalized spacial score (nSPS) is 13.8. The molecule has 2 aromatic heterocycles. The van der Waals surface area contributed by atoms with Crippen LogP contribution in [0.4, 0.5) is 11.8 Å². The largest absolute Gasteiger partial charge is 0.484 e. The molecule has 3 heterocycles. The lowest BCUT2D eigenvalue weighted by Gasteiger charge is -2.35. The lowest BCUT2D eigenvalue weighted by Crippen LogP contribution is -2.50. The van der Waals surface area contributed by atoms with Crippen molar-refractivity contribution in [2.24, 2.45) is 0 Å². The average molecular weight is 509 g/mol. The van der Waals surface area contributed by atoms with Crippen molar-refractivity contribution in [2.45, 2.75) is 0 Å². The maximum Gasteiger partial charge on any atom is 0.260 e. The van der Waals surface area contributed by atoms with Gasteiger partial charge in [0, 0.05) is 41.8 Å². The van der Waals surface area contributed by atoms with Crippen LogP contribution in [-0.2, 0) is 4.79 Å². The van der Waals surface area contributed by atoms with Crippen LogP contribution in [0.3, 0.4) is 0 Å². The highest BCUT2D eigenvalue weighted by Crippen LogP contribution is 2.28. The predicted molar refractivity (Wildman–Crippen MR) is 138 cm³/mol. The third kappa shape index (κ3) is 5.23. The zero-order chi connectivity index (χ0) is 24.4. The molecule has 0 bridgehead atoms. The van der Waals surface area contributed by atoms with E-state index in [1.807, 2.05) is 36.4 Å². The molecule has 0 unspecified atom stereocenters. The van der Waals surface area contributed by atoms with Crippen LogP contribution in [-0.4, -0.2) is 58.5 Å². The molecule has 0 radical (unpaired) electrons. The standard InChI is InChI=1S/C25H22Cl2N6O2/c26-17-4-6-19(7-5-17)35-15-22(34)32-10-12-33(13-11-32)24-23-21(30-25(28)31-24)9-8-20(29-23)16-2-1-3-18(27)14-16/h1-9,14H,10-13,15H2,(H2,28,30,31). The summed E-state index contributed by atoms with van der Waals surface area (Å²) in [6, 6.07) is 18.2. The number of ether oxygens (including phenoxy) is 1. The van der Waals surface area contributed by atoms with E-state index < -0.39 is 0 Å². The topological polar surface area (TPSA) is 97.5 Å². The molecular weight excluding hydrogens is 487 g/mol. The molecule has 1 aliphatic rings. The summed E-state index contributed by atoms with van der Waals surface area (Å²) in [6.45, 7) is 2.20. The van der Waals surface area contributed by atoms with Gasteiger partial charge in [-0.05, 0) is 48.5 Å². The number of halogens is 2. The third-order valence-electron chi connectivity index (χ3n) is 5.77. The van der Waals surface area contributed by atoms with Crippen LogP contribution in [0.25, 0.3) is 22.3 Å². The van der Waals surface area contributed by atoms with Gasteiger partial charge in [-0.25, -0.2) is 9.97 Å². The number of hydrogen-bond donors (Lipinski definition) is 1. The molecule has 1 fully saturated rings. The minimum atomic E-state index is -0.0759. The molecule has 35 heavy (non-hydrogen) atoms. The Balaban J connectivity index is 1.31. The highest BCUT2D eigenvalue weighted by molar-refractivity contribution is 6.31. The molecule has 8 nitrogen and oxygen atoms in total. The number of anilines is 2. The summed E-state index contributed by atoms with van der Waals surface area (Å²) < 4.78 is 5.60. The maximum atomic E-state index is 12.7. The second-order valence-electron chi connectivity index (χ2n) is 8.09. The fourth-order valence-corrected chi connectivity index (χ4v) is 4.30. The van der Waals surface area contributed by atoms with Crippen LogP contribution < -0.4 is 15.4 Å². The van der Waals surface area contributed by atoms with Gasteiger partial charge in [0.05, 0.1) is 11.2 Å². The summed E-state index contributed by atoms with van der Waals surface area (Å²) in [4.78, 5) is 30.2. The molecule has 4 aromatic rings. The summed E-state index contributed by atoms with van der Waals surface area (Å²) in [6.07, 6.45) is 0. The van der Waals surface area contributed by atoms with E-state index in [1.165, 1.54) is 0 Å². The Kier molecular flexibility index (Phi) is 6.57. The van der Waals surface area contributed by atoms with Gasteiger partial charge in [-0.2, -0.15) is 4.98 Å². The highest BCUT2D eigenvalue weighted by Gasteiger charge is 2.24. The van der Waals surface area contributed by atoms with Crippen molar-refractivity contribution in [2.75, 3.05) is 43.4 Å². The van der Waals surface area contributed by atoms with E-state index in [1.54, 1.807) is 29.2 Å². The number of nitrogen functional groups attached to an aromatic ring is 1. The van der Waals surface area contributed by atoms with Gasteiger partial charge >= 0.3 is 0 Å². The van der Waals surface area contributed by atoms with Crippen LogP contribution in [0.15, 0.2) is 60.7 Å². The second kappa shape index (κ2) is 9.93. The van der Waals surface area contributed by atoms with Crippen LogP contribution in [0.1, 0.15) is 0 Å². The Morgan fingerprint density at radius 3 is 2.43 bits per heavy atom. The number of hydrogen-bond acceptors (Lipinski definition) is 7. The van der Waals surface area contributed by atoms with Gasteiger partial charge in [-0.3, -0.25) is 4.79 Å². The minimum absolute atomic E-state index is 0.0322. The van der Waals surface area contributed by atoms with Crippen molar-refractivity contribution in [3.63, 3.8) is 0 Å². The lowest BCUT2D eigenvalue weighted by molar-refractivity contribution is -0.133. The van der Waals surface area contributed by atoms with E-state index in [0.29, 0.717) is 58.8 Å². The summed E-state index contributed by atoms with van der Waals surface area (Å²) in [5.74, 6) is 1.36. The molecule has 178 valence electrons. The number of benzene rings is 2. The van der Waals surface area contributed by atoms with Gasteiger partial charge in [-0.1, -0.05) is 35.3 Å². The first-order valence-corrected chi connectivity index (χ1v) is 11.8. The van der Waals surface area contributed by atoms with E-state index in [-0.39, 0.29) is 18.5 Å². The van der Waals surface area contributed by atoms with E-state index in [2.05, 4.69) is 14.9 Å². The average Bonchev–Trinajstić information content (AvgIpc) is 2.87. The molecule has 0 spiro atoms. The summed E-state index contributed by atoms with van der Waals surface area (Å²) >= 11 is 12.1. The van der Waals surface area contributed by atoms with Gasteiger partial charge in [-0.15, -0.1) is 0 Å². The third-order valence-corrected chi connectivity index (χ3v) is 6.26. The molecular formula is C25H22Cl2N6O2. The van der Waals surface area contributed by atoms with E-state index >= 15 is 0 Å². The first kappa shape index (κ1) is 23.1. The molecule has 1 amide bonds. The first-order valence-electron chi connectivity index (χ1n) is 11.1. The van der Waals surface area contributed by atoms with Gasteiger partial charge in [0.15, 0.2) is 12.4 Å². The zero-order valence-electron chi connectivity index (χ0n) is 18.7. The minimum Gasteiger partial charge on any atom is -0.484 e. The Morgan fingerprint density at radius 2 is 1.69 bits per heavy atom. The predicted octanol–water partition coefficient (Wildman–Crippen LogP) is 4.31. The number of nitrogens with zero attached hydrogens (tertiary/aromatic N) is 5. The molecule has 2 N–H and O–H groups in total. The van der Waals surface area contributed by atoms with Gasteiger partial charge < -0.3 is 20.3 Å². The summed E-state index contributed by atoms with van der Waals surface area (Å²) in [5.41, 5.74) is 8.98. The van der Waals surface area contributed by atoms with Crippen molar-refractivity contribution in [3.05, 3.63) is 70.7 Å². The van der Waals surface area contributed by atoms with Gasteiger partial charge in [0.1, 0.15) is 11.3 Å². The number of piperazine rings is 1. The molecule has 10 heteroatoms. The smallest absolute Gasteiger partial charge is 0.260 e. The SMILES string of the molecule is Nc1nc(N2CCN(C(=O)COc3ccc(Cl)cc3)CC2)c2nc(-c3cccc(Cl)c3)ccc2n1. The Bertz CT molecular complexity index is 1370. The molecule has 0 aliphatic carbocycles. The van der Waals surface area contributed by atoms with Gasteiger partial charge in [0.2, 0.25) is 5.95 Å². The number of nitrogens with two attached hydrogens (primary N) is 1. The van der Waals surface area contributed by atoms with Crippen LogP contribution in [0.5, 0.6) is 5.75 Å². The molecule has 2 aromatic carbocycles. The van der Waals surface area contributed by atoms with Crippen LogP contribution in [0, 0.1) is 0 Å². The molecule has 5 rings (SSSR count). The number of rotatable bonds is 5. The first-order chi connectivity index (χ1) is 17.0. The highest BCUT2D eigenvalue weighted by atomic mass is 35.5. The van der Waals surface area contributed by atoms with Crippen LogP contribution >= 0.6 is 23.2 Å². The second-order valence-corrected chi connectivity index (χ2v) is 8.96. The molecule has 0 saturated carbocycles. The van der Waals surface area contributed by atoms with Crippen molar-refractivity contribution in [1.29, 1.82) is 0 Å². The number of fused-ring (bicyclic) bond motifs is 1. The van der Waals surface area contributed by atoms with Crippen molar-refractivity contribution >= 4 is 51.9 Å². The Morgan fingerprint density at radius 1 is 0.914 bits per heavy atom. The summed E-state index contributed by atoms with van der Waals surface area (Å²) in [7, 11) is 0. The lowest BCUT2D eigenvalue weighted by atomic mass is 10.1. The van der Waals surface area contributed by atoms with E-state index in [0.717, 1.165) is 11.3 Å². The quantitative estimate of drug-likeness (QED) is 0.428. The van der Waals surface area contributed by atoms with Crippen LogP contribution in [0.2, 0.25) is 10.0 Å². The van der Waals surface area contributed by atoms with Crippen molar-refractivity contribution in [1.82, 2.24) is 19.9 Å². The fraction of sp³-hybridized carbons (Fsp3) is 0.200. The number of carbonyl (C=O) groups is 1. The zero-order valence-corrected chi connectivity index (χ0v) is 20.2. The fourth-order valence-electron chi connectivity index (χ4n) is 3.98. The Labute approximate surface area is 212 Å². The maximum absolute atomic E-state index is 12.7. The monoisotopic (exact) mass is 508 g/mol. The number of aromatic nitrogens is 3.